The summed E-state index contributed by atoms with van der Waals surface area (Å²) >= 11 is 0. The molecule has 0 atom stereocenters. The molecule has 0 unspecified atom stereocenters. The summed E-state index contributed by atoms with van der Waals surface area (Å²) in [5.74, 6) is -0.698. The molecular formula is C35H36FN5O5S. The quantitative estimate of drug-likeness (QED) is 0.299. The SMILES string of the molecule is CS(=O)(=O)c1ccc(CN2CCN(C(=O)c3ccc4oc(C(=O)NC5CCN(Cc6ccc(C#N)c(F)c6)CC5)cc4c3)CC2)cc1. The second-order valence-corrected chi connectivity index (χ2v) is 14.3. The number of carbonyl (C=O) groups is 2. The molecule has 47 heavy (non-hydrogen) atoms. The third kappa shape index (κ3) is 7.71. The van der Waals surface area contributed by atoms with Crippen molar-refractivity contribution < 1.29 is 26.8 Å². The Kier molecular flexibility index (Phi) is 9.40. The Balaban J connectivity index is 0.989. The van der Waals surface area contributed by atoms with Crippen molar-refractivity contribution in [3.05, 3.63) is 101 Å². The van der Waals surface area contributed by atoms with Gasteiger partial charge in [0, 0.05) is 75.6 Å². The van der Waals surface area contributed by atoms with E-state index in [9.17, 15) is 22.4 Å². The molecule has 6 rings (SSSR count). The summed E-state index contributed by atoms with van der Waals surface area (Å²) < 4.78 is 43.2. The Labute approximate surface area is 273 Å². The van der Waals surface area contributed by atoms with Gasteiger partial charge in [0.25, 0.3) is 11.8 Å². The smallest absolute Gasteiger partial charge is 0.287 e. The van der Waals surface area contributed by atoms with Crippen molar-refractivity contribution in [3.8, 4) is 6.07 Å². The summed E-state index contributed by atoms with van der Waals surface area (Å²) in [6.45, 7) is 5.27. The van der Waals surface area contributed by atoms with E-state index >= 15 is 0 Å². The first-order valence-electron chi connectivity index (χ1n) is 15.6. The molecule has 2 fully saturated rings. The Morgan fingerprint density at radius 1 is 0.894 bits per heavy atom. The van der Waals surface area contributed by atoms with Crippen LogP contribution in [0.2, 0.25) is 0 Å². The zero-order chi connectivity index (χ0) is 33.1. The lowest BCUT2D eigenvalue weighted by molar-refractivity contribution is 0.0628. The predicted molar refractivity (Wildman–Crippen MR) is 174 cm³/mol. The van der Waals surface area contributed by atoms with E-state index in [4.69, 9.17) is 9.68 Å². The van der Waals surface area contributed by atoms with E-state index in [2.05, 4.69) is 15.1 Å². The minimum atomic E-state index is -3.23. The molecule has 0 radical (unpaired) electrons. The minimum Gasteiger partial charge on any atom is -0.451 e. The predicted octanol–water partition coefficient (Wildman–Crippen LogP) is 4.20. The molecule has 2 aliphatic rings. The highest BCUT2D eigenvalue weighted by atomic mass is 32.2. The number of furan rings is 1. The molecule has 1 N–H and O–H groups in total. The van der Waals surface area contributed by atoms with Gasteiger partial charge < -0.3 is 14.6 Å². The number of carbonyl (C=O) groups excluding carboxylic acids is 2. The van der Waals surface area contributed by atoms with Crippen molar-refractivity contribution in [3.63, 3.8) is 0 Å². The van der Waals surface area contributed by atoms with Crippen molar-refractivity contribution in [2.45, 2.75) is 36.9 Å². The van der Waals surface area contributed by atoms with E-state index in [0.29, 0.717) is 60.7 Å². The van der Waals surface area contributed by atoms with Crippen molar-refractivity contribution in [1.29, 1.82) is 5.26 Å². The molecule has 10 nitrogen and oxygen atoms in total. The summed E-state index contributed by atoms with van der Waals surface area (Å²) in [6, 6.07) is 20.3. The Hall–Kier alpha value is -4.57. The van der Waals surface area contributed by atoms with Crippen LogP contribution in [0.5, 0.6) is 0 Å². The van der Waals surface area contributed by atoms with Crippen LogP contribution in [-0.4, -0.2) is 86.5 Å². The van der Waals surface area contributed by atoms with E-state index < -0.39 is 15.7 Å². The molecule has 0 aliphatic carbocycles. The fourth-order valence-corrected chi connectivity index (χ4v) is 6.81. The van der Waals surface area contributed by atoms with Gasteiger partial charge in [-0.05, 0) is 72.5 Å². The third-order valence-corrected chi connectivity index (χ3v) is 10.0. The van der Waals surface area contributed by atoms with Gasteiger partial charge >= 0.3 is 0 Å². The number of rotatable bonds is 8. The number of nitrogens with zero attached hydrogens (tertiary/aromatic N) is 4. The van der Waals surface area contributed by atoms with Gasteiger partial charge in [-0.25, -0.2) is 12.8 Å². The Morgan fingerprint density at radius 3 is 2.21 bits per heavy atom. The number of nitrogens with one attached hydrogen (secondary N) is 1. The zero-order valence-corrected chi connectivity index (χ0v) is 26.9. The van der Waals surface area contributed by atoms with Crippen LogP contribution in [0.1, 0.15) is 50.4 Å². The van der Waals surface area contributed by atoms with Gasteiger partial charge in [-0.3, -0.25) is 19.4 Å². The first-order valence-corrected chi connectivity index (χ1v) is 17.5. The van der Waals surface area contributed by atoms with Crippen LogP contribution in [0.25, 0.3) is 11.0 Å². The van der Waals surface area contributed by atoms with E-state index in [1.165, 1.54) is 18.4 Å². The normalized spacial score (nSPS) is 16.7. The highest BCUT2D eigenvalue weighted by molar-refractivity contribution is 7.90. The van der Waals surface area contributed by atoms with Crippen LogP contribution >= 0.6 is 0 Å². The molecule has 2 aliphatic heterocycles. The molecule has 3 aromatic carbocycles. The number of hydrogen-bond acceptors (Lipinski definition) is 8. The summed E-state index contributed by atoms with van der Waals surface area (Å²) in [5, 5.41) is 12.7. The molecular weight excluding hydrogens is 621 g/mol. The van der Waals surface area contributed by atoms with Gasteiger partial charge in [0.1, 0.15) is 17.5 Å². The van der Waals surface area contributed by atoms with E-state index in [1.54, 1.807) is 42.5 Å². The zero-order valence-electron chi connectivity index (χ0n) is 26.1. The number of nitriles is 1. The Bertz CT molecular complexity index is 1940. The molecule has 3 heterocycles. The second-order valence-electron chi connectivity index (χ2n) is 12.3. The molecule has 0 bridgehead atoms. The van der Waals surface area contributed by atoms with Crippen molar-refractivity contribution in [1.82, 2.24) is 20.0 Å². The number of fused-ring (bicyclic) bond motifs is 1. The fraction of sp³-hybridized carbons (Fsp3) is 0.343. The maximum atomic E-state index is 14.0. The molecule has 2 saturated heterocycles. The summed E-state index contributed by atoms with van der Waals surface area (Å²) in [4.78, 5) is 32.9. The second kappa shape index (κ2) is 13.7. The number of benzene rings is 3. The number of sulfone groups is 1. The maximum absolute atomic E-state index is 14.0. The van der Waals surface area contributed by atoms with Crippen LogP contribution < -0.4 is 5.32 Å². The largest absolute Gasteiger partial charge is 0.451 e. The molecule has 0 spiro atoms. The lowest BCUT2D eigenvalue weighted by atomic mass is 10.0. The van der Waals surface area contributed by atoms with Gasteiger partial charge in [-0.1, -0.05) is 18.2 Å². The fourth-order valence-electron chi connectivity index (χ4n) is 6.18. The van der Waals surface area contributed by atoms with E-state index in [1.807, 2.05) is 23.1 Å². The van der Waals surface area contributed by atoms with Crippen LogP contribution in [0.3, 0.4) is 0 Å². The molecule has 2 amide bonds. The highest BCUT2D eigenvalue weighted by Gasteiger charge is 2.25. The van der Waals surface area contributed by atoms with Crippen molar-refractivity contribution in [2.75, 3.05) is 45.5 Å². The molecule has 244 valence electrons. The third-order valence-electron chi connectivity index (χ3n) is 8.89. The van der Waals surface area contributed by atoms with E-state index in [0.717, 1.165) is 37.1 Å². The molecule has 1 aromatic heterocycles. The van der Waals surface area contributed by atoms with E-state index in [-0.39, 0.29) is 29.2 Å². The number of amides is 2. The minimum absolute atomic E-state index is 0.0210. The number of likely N-dealkylation sites (tertiary alicyclic amines) is 1. The highest BCUT2D eigenvalue weighted by Crippen LogP contribution is 2.23. The average molecular weight is 658 g/mol. The van der Waals surface area contributed by atoms with Crippen LogP contribution in [0.15, 0.2) is 76.0 Å². The van der Waals surface area contributed by atoms with Crippen LogP contribution in [-0.2, 0) is 22.9 Å². The lowest BCUT2D eigenvalue weighted by Gasteiger charge is -2.34. The molecule has 0 saturated carbocycles. The van der Waals surface area contributed by atoms with Gasteiger partial charge in [0.15, 0.2) is 15.6 Å². The first kappa shape index (κ1) is 32.4. The van der Waals surface area contributed by atoms with Crippen LogP contribution in [0.4, 0.5) is 4.39 Å². The standard InChI is InChI=1S/C35H36FN5O5S/c1-47(44,45)30-7-3-24(4-8-30)22-40-14-16-41(17-15-40)35(43)26-6-9-32-28(19-26)20-33(46-32)34(42)38-29-10-12-39(13-11-29)23-25-2-5-27(21-37)31(36)18-25/h2-9,18-20,29H,10-17,22-23H2,1H3,(H,38,42). The first-order chi connectivity index (χ1) is 22.6. The topological polar surface area (TPSA) is 127 Å². The van der Waals surface area contributed by atoms with Gasteiger partial charge in [-0.15, -0.1) is 0 Å². The summed E-state index contributed by atoms with van der Waals surface area (Å²) in [5.41, 5.74) is 2.92. The van der Waals surface area contributed by atoms with Gasteiger partial charge in [0.2, 0.25) is 0 Å². The summed E-state index contributed by atoms with van der Waals surface area (Å²) in [6.07, 6.45) is 2.68. The lowest BCUT2D eigenvalue weighted by Crippen LogP contribution is -2.48. The van der Waals surface area contributed by atoms with Crippen molar-refractivity contribution >= 4 is 32.6 Å². The van der Waals surface area contributed by atoms with Gasteiger partial charge in [-0.2, -0.15) is 5.26 Å². The number of hydrogen-bond donors (Lipinski definition) is 1. The monoisotopic (exact) mass is 657 g/mol. The number of piperazine rings is 1. The maximum Gasteiger partial charge on any atom is 0.287 e. The summed E-state index contributed by atoms with van der Waals surface area (Å²) in [7, 11) is -3.23. The number of halogens is 1. The van der Waals surface area contributed by atoms with Gasteiger partial charge in [0.05, 0.1) is 10.5 Å². The Morgan fingerprint density at radius 2 is 1.55 bits per heavy atom. The number of piperidine rings is 1. The average Bonchev–Trinajstić information content (AvgIpc) is 3.50. The van der Waals surface area contributed by atoms with Crippen LogP contribution in [0, 0.1) is 17.1 Å². The molecule has 12 heteroatoms. The molecule has 4 aromatic rings. The van der Waals surface area contributed by atoms with Crippen molar-refractivity contribution in [2.24, 2.45) is 0 Å².